The van der Waals surface area contributed by atoms with Gasteiger partial charge in [0.05, 0.1) is 18.1 Å². The number of thioether (sulfide) groups is 1. The highest BCUT2D eigenvalue weighted by Crippen LogP contribution is 2.18. The van der Waals surface area contributed by atoms with Crippen molar-refractivity contribution in [3.05, 3.63) is 78.4 Å². The Labute approximate surface area is 194 Å². The van der Waals surface area contributed by atoms with Gasteiger partial charge in [0, 0.05) is 36.4 Å². The molecule has 10 nitrogen and oxygen atoms in total. The number of nitrogens with one attached hydrogen (secondary N) is 2. The molecule has 0 radical (unpaired) electrons. The molecule has 0 saturated carbocycles. The van der Waals surface area contributed by atoms with Gasteiger partial charge in [-0.25, -0.2) is 9.67 Å². The van der Waals surface area contributed by atoms with Gasteiger partial charge < -0.3 is 15.2 Å². The maximum atomic E-state index is 12.6. The third kappa shape index (κ3) is 5.63. The highest BCUT2D eigenvalue weighted by atomic mass is 32.2. The molecule has 0 aliphatic carbocycles. The minimum atomic E-state index is -0.190. The maximum absolute atomic E-state index is 12.6. The second kappa shape index (κ2) is 10.1. The Morgan fingerprint density at radius 2 is 1.85 bits per heavy atom. The molecular weight excluding hydrogens is 440 g/mol. The number of hydrogen-bond acceptors (Lipinski definition) is 7. The van der Waals surface area contributed by atoms with Gasteiger partial charge in [0.15, 0.2) is 0 Å². The van der Waals surface area contributed by atoms with E-state index in [1.54, 1.807) is 43.8 Å². The molecule has 0 fully saturated rings. The van der Waals surface area contributed by atoms with Crippen molar-refractivity contribution in [2.24, 2.45) is 7.05 Å². The van der Waals surface area contributed by atoms with Gasteiger partial charge in [-0.05, 0) is 59.3 Å². The second-order valence-electron chi connectivity index (χ2n) is 7.26. The normalized spacial score (nSPS) is 11.7. The van der Waals surface area contributed by atoms with Crippen molar-refractivity contribution >= 4 is 29.3 Å². The van der Waals surface area contributed by atoms with E-state index in [1.165, 1.54) is 16.4 Å². The van der Waals surface area contributed by atoms with E-state index >= 15 is 0 Å². The Morgan fingerprint density at radius 3 is 2.48 bits per heavy atom. The van der Waals surface area contributed by atoms with Gasteiger partial charge >= 0.3 is 0 Å². The molecular formula is C22H22N8O2S. The van der Waals surface area contributed by atoms with Crippen LogP contribution in [0.5, 0.6) is 0 Å². The fourth-order valence-electron chi connectivity index (χ4n) is 3.09. The fourth-order valence-corrected chi connectivity index (χ4v) is 3.74. The van der Waals surface area contributed by atoms with E-state index in [1.807, 2.05) is 42.0 Å². The quantitative estimate of drug-likeness (QED) is 0.386. The molecule has 11 heteroatoms. The van der Waals surface area contributed by atoms with Crippen molar-refractivity contribution in [2.75, 3.05) is 11.1 Å². The van der Waals surface area contributed by atoms with Gasteiger partial charge in [0.2, 0.25) is 11.1 Å². The van der Waals surface area contributed by atoms with Crippen molar-refractivity contribution in [1.82, 2.24) is 35.1 Å². The summed E-state index contributed by atoms with van der Waals surface area (Å²) in [4.78, 5) is 28.8. The molecule has 168 valence electrons. The first-order chi connectivity index (χ1) is 16.0. The third-order valence-corrected chi connectivity index (χ3v) is 5.90. The van der Waals surface area contributed by atoms with Crippen LogP contribution in [0.15, 0.2) is 72.4 Å². The molecule has 2 amide bonds. The number of carbonyl (C=O) groups is 2. The van der Waals surface area contributed by atoms with Gasteiger partial charge in [-0.1, -0.05) is 23.9 Å². The minimum Gasteiger partial charge on any atom is -0.346 e. The lowest BCUT2D eigenvalue weighted by Gasteiger charge is -2.15. The summed E-state index contributed by atoms with van der Waals surface area (Å²) in [6, 6.07) is 14.5. The van der Waals surface area contributed by atoms with E-state index in [2.05, 4.69) is 31.1 Å². The van der Waals surface area contributed by atoms with Crippen LogP contribution in [-0.2, 0) is 11.8 Å². The molecule has 4 aromatic rings. The van der Waals surface area contributed by atoms with Crippen LogP contribution in [0.4, 0.5) is 5.69 Å². The molecule has 1 atom stereocenters. The Morgan fingerprint density at radius 1 is 1.09 bits per heavy atom. The number of anilines is 1. The fraction of sp³-hybridized carbons (Fsp3) is 0.182. The van der Waals surface area contributed by atoms with Crippen LogP contribution in [0.25, 0.3) is 5.69 Å². The van der Waals surface area contributed by atoms with Crippen molar-refractivity contribution in [2.45, 2.75) is 18.1 Å². The van der Waals surface area contributed by atoms with Crippen LogP contribution in [-0.4, -0.2) is 47.3 Å². The highest BCUT2D eigenvalue weighted by Gasteiger charge is 2.13. The van der Waals surface area contributed by atoms with E-state index in [0.717, 1.165) is 11.3 Å². The molecule has 0 spiro atoms. The van der Waals surface area contributed by atoms with Crippen molar-refractivity contribution in [1.29, 1.82) is 0 Å². The Balaban J connectivity index is 1.29. The summed E-state index contributed by atoms with van der Waals surface area (Å²) >= 11 is 1.24. The SMILES string of the molecule is CC(NC(=O)c1ccc(NC(=O)CSc2nnnn2C)cc1)c1ccc(-n2ccnc2)cc1. The molecule has 2 aromatic carbocycles. The maximum Gasteiger partial charge on any atom is 0.251 e. The molecule has 4 rings (SSSR count). The molecule has 0 aliphatic heterocycles. The van der Waals surface area contributed by atoms with Crippen LogP contribution in [0.1, 0.15) is 28.9 Å². The molecule has 0 saturated heterocycles. The predicted octanol–water partition coefficient (Wildman–Crippen LogP) is 2.62. The summed E-state index contributed by atoms with van der Waals surface area (Å²) in [5.74, 6) is -0.203. The number of hydrogen-bond donors (Lipinski definition) is 2. The number of tetrazole rings is 1. The van der Waals surface area contributed by atoms with E-state index in [-0.39, 0.29) is 23.6 Å². The molecule has 0 bridgehead atoms. The molecule has 2 aromatic heterocycles. The largest absolute Gasteiger partial charge is 0.346 e. The van der Waals surface area contributed by atoms with E-state index in [4.69, 9.17) is 0 Å². The summed E-state index contributed by atoms with van der Waals surface area (Å²) in [6.45, 7) is 1.93. The Hall–Kier alpha value is -3.99. The lowest BCUT2D eigenvalue weighted by molar-refractivity contribution is -0.113. The average molecular weight is 463 g/mol. The molecule has 2 N–H and O–H groups in total. The monoisotopic (exact) mass is 462 g/mol. The van der Waals surface area contributed by atoms with Crippen LogP contribution in [0.2, 0.25) is 0 Å². The van der Waals surface area contributed by atoms with Gasteiger partial charge in [-0.15, -0.1) is 5.10 Å². The number of aromatic nitrogens is 6. The number of carbonyl (C=O) groups excluding carboxylic acids is 2. The first-order valence-corrected chi connectivity index (χ1v) is 11.1. The van der Waals surface area contributed by atoms with Crippen LogP contribution in [0.3, 0.4) is 0 Å². The molecule has 33 heavy (non-hydrogen) atoms. The predicted molar refractivity (Wildman–Crippen MR) is 124 cm³/mol. The first-order valence-electron chi connectivity index (χ1n) is 10.1. The van der Waals surface area contributed by atoms with Crippen LogP contribution < -0.4 is 10.6 Å². The van der Waals surface area contributed by atoms with E-state index < -0.39 is 0 Å². The van der Waals surface area contributed by atoms with Crippen LogP contribution >= 0.6 is 11.8 Å². The third-order valence-electron chi connectivity index (χ3n) is 4.89. The summed E-state index contributed by atoms with van der Waals surface area (Å²) < 4.78 is 3.42. The van der Waals surface area contributed by atoms with Crippen molar-refractivity contribution < 1.29 is 9.59 Å². The average Bonchev–Trinajstić information content (AvgIpc) is 3.50. The Bertz CT molecular complexity index is 1220. The number of nitrogens with zero attached hydrogens (tertiary/aromatic N) is 6. The summed E-state index contributed by atoms with van der Waals surface area (Å²) in [5.41, 5.74) is 3.11. The zero-order valence-corrected chi connectivity index (χ0v) is 18.9. The zero-order chi connectivity index (χ0) is 23.2. The number of imidazole rings is 1. The van der Waals surface area contributed by atoms with Gasteiger partial charge in [0.1, 0.15) is 0 Å². The Kier molecular flexibility index (Phi) is 6.79. The highest BCUT2D eigenvalue weighted by molar-refractivity contribution is 7.99. The second-order valence-corrected chi connectivity index (χ2v) is 8.20. The summed E-state index contributed by atoms with van der Waals surface area (Å²) in [6.07, 6.45) is 5.34. The molecule has 1 unspecified atom stereocenters. The zero-order valence-electron chi connectivity index (χ0n) is 18.0. The topological polar surface area (TPSA) is 120 Å². The van der Waals surface area contributed by atoms with Crippen molar-refractivity contribution in [3.8, 4) is 5.69 Å². The smallest absolute Gasteiger partial charge is 0.251 e. The standard InChI is InChI=1S/C22H22N8O2S/c1-15(16-5-9-19(10-6-16)30-12-11-23-14-30)24-21(32)17-3-7-18(8-4-17)25-20(31)13-33-22-26-27-28-29(22)2/h3-12,14-15H,13H2,1-2H3,(H,24,32)(H,25,31). The minimum absolute atomic E-state index is 0.166. The number of benzene rings is 2. The first kappa shape index (κ1) is 22.2. The van der Waals surface area contributed by atoms with E-state index in [9.17, 15) is 9.59 Å². The van der Waals surface area contributed by atoms with Crippen LogP contribution in [0, 0.1) is 0 Å². The number of aryl methyl sites for hydroxylation is 1. The van der Waals surface area contributed by atoms with Gasteiger partial charge in [0.25, 0.3) is 5.91 Å². The summed E-state index contributed by atoms with van der Waals surface area (Å²) in [7, 11) is 1.71. The van der Waals surface area contributed by atoms with Gasteiger partial charge in [-0.3, -0.25) is 9.59 Å². The van der Waals surface area contributed by atoms with Crippen molar-refractivity contribution in [3.63, 3.8) is 0 Å². The summed E-state index contributed by atoms with van der Waals surface area (Å²) in [5, 5.41) is 17.4. The number of rotatable bonds is 8. The lowest BCUT2D eigenvalue weighted by Crippen LogP contribution is -2.26. The molecule has 2 heterocycles. The number of amides is 2. The van der Waals surface area contributed by atoms with Gasteiger partial charge in [-0.2, -0.15) is 0 Å². The molecule has 0 aliphatic rings. The van der Waals surface area contributed by atoms with E-state index in [0.29, 0.717) is 16.4 Å². The lowest BCUT2D eigenvalue weighted by atomic mass is 10.1.